The van der Waals surface area contributed by atoms with Gasteiger partial charge in [0.1, 0.15) is 5.82 Å². The van der Waals surface area contributed by atoms with Crippen molar-refractivity contribution in [3.05, 3.63) is 59.9 Å². The standard InChI is InChI=1S/C15H14F2N2O2/c1-10(11-4-6-18-7-5-11)19-15(20)9-21-14-3-2-12(16)8-13(14)17/h2-8,10H,9H2,1H3,(H,19,20)/t10-/m1/s1. The molecule has 1 aromatic heterocycles. The smallest absolute Gasteiger partial charge is 0.258 e. The van der Waals surface area contributed by atoms with E-state index in [1.54, 1.807) is 24.5 Å². The average molecular weight is 292 g/mol. The summed E-state index contributed by atoms with van der Waals surface area (Å²) < 4.78 is 31.1. The normalized spacial score (nSPS) is 11.8. The summed E-state index contributed by atoms with van der Waals surface area (Å²) in [6.45, 7) is 1.46. The van der Waals surface area contributed by atoms with E-state index < -0.39 is 17.5 Å². The molecular weight excluding hydrogens is 278 g/mol. The number of aromatic nitrogens is 1. The Hall–Kier alpha value is -2.50. The molecule has 1 atom stereocenters. The maximum Gasteiger partial charge on any atom is 0.258 e. The molecule has 6 heteroatoms. The van der Waals surface area contributed by atoms with Crippen molar-refractivity contribution < 1.29 is 18.3 Å². The molecule has 1 amide bonds. The van der Waals surface area contributed by atoms with Crippen LogP contribution < -0.4 is 10.1 Å². The van der Waals surface area contributed by atoms with Gasteiger partial charge in [0.15, 0.2) is 18.2 Å². The van der Waals surface area contributed by atoms with Crippen molar-refractivity contribution >= 4 is 5.91 Å². The number of carbonyl (C=O) groups excluding carboxylic acids is 1. The maximum atomic E-state index is 13.3. The van der Waals surface area contributed by atoms with E-state index in [4.69, 9.17) is 4.74 Å². The van der Waals surface area contributed by atoms with Crippen LogP contribution in [-0.2, 0) is 4.79 Å². The number of nitrogens with one attached hydrogen (secondary N) is 1. The second-order valence-electron chi connectivity index (χ2n) is 4.43. The summed E-state index contributed by atoms with van der Waals surface area (Å²) in [6.07, 6.45) is 3.25. The lowest BCUT2D eigenvalue weighted by Crippen LogP contribution is -2.31. The van der Waals surface area contributed by atoms with E-state index in [-0.39, 0.29) is 18.4 Å². The predicted molar refractivity (Wildman–Crippen MR) is 72.6 cm³/mol. The first-order valence-electron chi connectivity index (χ1n) is 6.33. The predicted octanol–water partition coefficient (Wildman–Crippen LogP) is 2.62. The number of rotatable bonds is 5. The second-order valence-corrected chi connectivity index (χ2v) is 4.43. The first kappa shape index (κ1) is 14.9. The van der Waals surface area contributed by atoms with Gasteiger partial charge in [0.2, 0.25) is 0 Å². The summed E-state index contributed by atoms with van der Waals surface area (Å²) >= 11 is 0. The van der Waals surface area contributed by atoms with Crippen molar-refractivity contribution in [1.29, 1.82) is 0 Å². The first-order valence-corrected chi connectivity index (χ1v) is 6.33. The van der Waals surface area contributed by atoms with E-state index in [2.05, 4.69) is 10.3 Å². The quantitative estimate of drug-likeness (QED) is 0.921. The molecule has 0 fully saturated rings. The van der Waals surface area contributed by atoms with E-state index in [1.165, 1.54) is 0 Å². The molecule has 0 aliphatic heterocycles. The first-order chi connectivity index (χ1) is 10.1. The monoisotopic (exact) mass is 292 g/mol. The molecule has 110 valence electrons. The van der Waals surface area contributed by atoms with Crippen LogP contribution in [0.3, 0.4) is 0 Å². The Morgan fingerprint density at radius 2 is 2.00 bits per heavy atom. The SMILES string of the molecule is C[C@@H](NC(=O)COc1ccc(F)cc1F)c1ccncc1. The number of benzene rings is 1. The lowest BCUT2D eigenvalue weighted by molar-refractivity contribution is -0.123. The highest BCUT2D eigenvalue weighted by molar-refractivity contribution is 5.78. The number of nitrogens with zero attached hydrogens (tertiary/aromatic N) is 1. The Morgan fingerprint density at radius 3 is 2.67 bits per heavy atom. The van der Waals surface area contributed by atoms with Crippen LogP contribution in [0.2, 0.25) is 0 Å². The number of halogens is 2. The molecule has 0 radical (unpaired) electrons. The Balaban J connectivity index is 1.87. The number of amides is 1. The van der Waals surface area contributed by atoms with Crippen LogP contribution in [0.5, 0.6) is 5.75 Å². The van der Waals surface area contributed by atoms with Crippen molar-refractivity contribution in [1.82, 2.24) is 10.3 Å². The number of pyridine rings is 1. The third kappa shape index (κ3) is 4.24. The molecule has 1 heterocycles. The van der Waals surface area contributed by atoms with E-state index in [0.717, 1.165) is 17.7 Å². The number of carbonyl (C=O) groups is 1. The van der Waals surface area contributed by atoms with E-state index >= 15 is 0 Å². The van der Waals surface area contributed by atoms with Crippen LogP contribution >= 0.6 is 0 Å². The van der Waals surface area contributed by atoms with Gasteiger partial charge in [0, 0.05) is 18.5 Å². The molecule has 2 rings (SSSR count). The van der Waals surface area contributed by atoms with Gasteiger partial charge in [-0.25, -0.2) is 8.78 Å². The Bertz CT molecular complexity index is 620. The van der Waals surface area contributed by atoms with E-state index in [1.807, 2.05) is 6.92 Å². The molecule has 1 aromatic carbocycles. The van der Waals surface area contributed by atoms with Crippen LogP contribution in [0.25, 0.3) is 0 Å². The lowest BCUT2D eigenvalue weighted by Gasteiger charge is -2.14. The summed E-state index contributed by atoms with van der Waals surface area (Å²) in [5.74, 6) is -2.10. The summed E-state index contributed by atoms with van der Waals surface area (Å²) in [5.41, 5.74) is 0.895. The van der Waals surface area contributed by atoms with Crippen molar-refractivity contribution in [3.63, 3.8) is 0 Å². The van der Waals surface area contributed by atoms with Crippen LogP contribution in [0, 0.1) is 11.6 Å². The Morgan fingerprint density at radius 1 is 1.29 bits per heavy atom. The zero-order valence-corrected chi connectivity index (χ0v) is 11.3. The molecule has 0 aliphatic rings. The Labute approximate surface area is 120 Å². The van der Waals surface area contributed by atoms with Crippen LogP contribution in [0.1, 0.15) is 18.5 Å². The van der Waals surface area contributed by atoms with Gasteiger partial charge in [-0.1, -0.05) is 0 Å². The van der Waals surface area contributed by atoms with Crippen LogP contribution in [0.4, 0.5) is 8.78 Å². The van der Waals surface area contributed by atoms with Crippen molar-refractivity contribution in [2.24, 2.45) is 0 Å². The molecule has 2 aromatic rings. The van der Waals surface area contributed by atoms with Gasteiger partial charge in [0.05, 0.1) is 6.04 Å². The molecule has 1 N–H and O–H groups in total. The van der Waals surface area contributed by atoms with Crippen LogP contribution in [-0.4, -0.2) is 17.5 Å². The van der Waals surface area contributed by atoms with E-state index in [9.17, 15) is 13.6 Å². The van der Waals surface area contributed by atoms with E-state index in [0.29, 0.717) is 6.07 Å². The summed E-state index contributed by atoms with van der Waals surface area (Å²) in [7, 11) is 0. The minimum atomic E-state index is -0.843. The highest BCUT2D eigenvalue weighted by Crippen LogP contribution is 2.17. The zero-order valence-electron chi connectivity index (χ0n) is 11.3. The third-order valence-corrected chi connectivity index (χ3v) is 2.84. The van der Waals surface area contributed by atoms with Gasteiger partial charge in [-0.3, -0.25) is 9.78 Å². The molecule has 0 spiro atoms. The molecule has 0 bridgehead atoms. The highest BCUT2D eigenvalue weighted by atomic mass is 19.1. The van der Waals surface area contributed by atoms with Crippen LogP contribution in [0.15, 0.2) is 42.7 Å². The van der Waals surface area contributed by atoms with Gasteiger partial charge in [0.25, 0.3) is 5.91 Å². The fourth-order valence-electron chi connectivity index (χ4n) is 1.75. The number of hydrogen-bond acceptors (Lipinski definition) is 3. The third-order valence-electron chi connectivity index (χ3n) is 2.84. The Kier molecular flexibility index (Phi) is 4.81. The van der Waals surface area contributed by atoms with Crippen molar-refractivity contribution in [2.75, 3.05) is 6.61 Å². The largest absolute Gasteiger partial charge is 0.481 e. The topological polar surface area (TPSA) is 51.2 Å². The minimum absolute atomic E-state index is 0.164. The molecule has 0 saturated carbocycles. The fourth-order valence-corrected chi connectivity index (χ4v) is 1.75. The van der Waals surface area contributed by atoms with Gasteiger partial charge in [-0.15, -0.1) is 0 Å². The summed E-state index contributed by atoms with van der Waals surface area (Å²) in [4.78, 5) is 15.6. The molecule has 0 unspecified atom stereocenters. The van der Waals surface area contributed by atoms with Crippen molar-refractivity contribution in [2.45, 2.75) is 13.0 Å². The molecule has 0 aliphatic carbocycles. The van der Waals surface area contributed by atoms with Gasteiger partial charge in [-0.05, 0) is 36.8 Å². The second kappa shape index (κ2) is 6.78. The molecular formula is C15H14F2N2O2. The van der Waals surface area contributed by atoms with Gasteiger partial charge < -0.3 is 10.1 Å². The summed E-state index contributed by atoms with van der Waals surface area (Å²) in [6, 6.07) is 6.26. The molecule has 4 nitrogen and oxygen atoms in total. The lowest BCUT2D eigenvalue weighted by atomic mass is 10.1. The molecule has 21 heavy (non-hydrogen) atoms. The summed E-state index contributed by atoms with van der Waals surface area (Å²) in [5, 5.41) is 2.71. The maximum absolute atomic E-state index is 13.3. The number of hydrogen-bond donors (Lipinski definition) is 1. The minimum Gasteiger partial charge on any atom is -0.481 e. The molecule has 0 saturated heterocycles. The number of ether oxygens (including phenoxy) is 1. The van der Waals surface area contributed by atoms with Gasteiger partial charge >= 0.3 is 0 Å². The fraction of sp³-hybridized carbons (Fsp3) is 0.200. The van der Waals surface area contributed by atoms with Crippen molar-refractivity contribution in [3.8, 4) is 5.75 Å². The average Bonchev–Trinajstić information content (AvgIpc) is 2.47. The zero-order chi connectivity index (χ0) is 15.2. The van der Waals surface area contributed by atoms with Gasteiger partial charge in [-0.2, -0.15) is 0 Å². The highest BCUT2D eigenvalue weighted by Gasteiger charge is 2.11.